The summed E-state index contributed by atoms with van der Waals surface area (Å²) < 4.78 is 45.9. The summed E-state index contributed by atoms with van der Waals surface area (Å²) in [6.45, 7) is 6.86. The van der Waals surface area contributed by atoms with Crippen LogP contribution in [0.1, 0.15) is 40.5 Å². The summed E-state index contributed by atoms with van der Waals surface area (Å²) in [6, 6.07) is -1.35. The Morgan fingerprint density at radius 3 is 2.58 bits per heavy atom. The first-order chi connectivity index (χ1) is 14.5. The van der Waals surface area contributed by atoms with Gasteiger partial charge in [-0.05, 0) is 46.1 Å². The van der Waals surface area contributed by atoms with E-state index in [1.54, 1.807) is 0 Å². The van der Waals surface area contributed by atoms with Gasteiger partial charge in [0, 0.05) is 16.9 Å². The Morgan fingerprint density at radius 2 is 1.97 bits per heavy atom. The molecule has 0 spiro atoms. The zero-order chi connectivity index (χ0) is 23.2. The molecule has 0 aromatic carbocycles. The maximum absolute atomic E-state index is 12.7. The van der Waals surface area contributed by atoms with Crippen molar-refractivity contribution in [2.45, 2.75) is 88.7 Å². The zero-order valence-corrected chi connectivity index (χ0v) is 19.2. The Labute approximate surface area is 185 Å². The van der Waals surface area contributed by atoms with Crippen LogP contribution in [-0.2, 0) is 32.6 Å². The number of phosphoric ester groups is 1. The molecule has 0 aliphatic carbocycles. The molecule has 4 radical (unpaired) electrons. The summed E-state index contributed by atoms with van der Waals surface area (Å²) >= 11 is 0. The maximum atomic E-state index is 12.7. The molecule has 2 aliphatic rings. The molecule has 2 rings (SSSR count). The van der Waals surface area contributed by atoms with E-state index in [0.717, 1.165) is 0 Å². The van der Waals surface area contributed by atoms with E-state index in [1.165, 1.54) is 0 Å². The fraction of sp³-hybridized carbons (Fsp3) is 1.00. The van der Waals surface area contributed by atoms with Gasteiger partial charge in [-0.2, -0.15) is 0 Å². The van der Waals surface area contributed by atoms with Gasteiger partial charge in [0.2, 0.25) is 0 Å². The number of hydrogen-bond donors (Lipinski definition) is 1. The number of rotatable bonds is 12. The third-order valence-electron chi connectivity index (χ3n) is 4.82. The van der Waals surface area contributed by atoms with Crippen LogP contribution in [0.3, 0.4) is 0 Å². The van der Waals surface area contributed by atoms with Gasteiger partial charge in [0.05, 0.1) is 38.1 Å². The highest BCUT2D eigenvalue weighted by atomic mass is 31.2. The fourth-order valence-corrected chi connectivity index (χ4v) is 4.50. The molecule has 0 aromatic heterocycles. The van der Waals surface area contributed by atoms with Crippen molar-refractivity contribution in [3.63, 3.8) is 0 Å². The smallest absolute Gasteiger partial charge is 0.380 e. The Morgan fingerprint density at radius 1 is 1.26 bits per heavy atom. The molecule has 0 amide bonds. The van der Waals surface area contributed by atoms with Crippen LogP contribution in [0.2, 0.25) is 0 Å². The zero-order valence-electron chi connectivity index (χ0n) is 18.3. The van der Waals surface area contributed by atoms with Crippen LogP contribution in [0, 0.1) is 0 Å². The van der Waals surface area contributed by atoms with E-state index in [-0.39, 0.29) is 44.5 Å². The predicted molar refractivity (Wildman–Crippen MR) is 113 cm³/mol. The molecule has 31 heavy (non-hydrogen) atoms. The van der Waals surface area contributed by atoms with Crippen LogP contribution in [0.5, 0.6) is 0 Å². The van der Waals surface area contributed by atoms with E-state index in [1.807, 2.05) is 27.7 Å². The Hall–Kier alpha value is -0.610. The predicted octanol–water partition coefficient (Wildman–Crippen LogP) is 1.95. The van der Waals surface area contributed by atoms with Crippen molar-refractivity contribution in [1.82, 2.24) is 0 Å². The monoisotopic (exact) mass is 457 g/mol. The number of hydrogen-bond acceptors (Lipinski definition) is 8. The van der Waals surface area contributed by atoms with E-state index in [4.69, 9.17) is 49.2 Å². The second kappa shape index (κ2) is 11.5. The van der Waals surface area contributed by atoms with Gasteiger partial charge in [-0.15, -0.1) is 0 Å². The van der Waals surface area contributed by atoms with Crippen molar-refractivity contribution in [3.05, 3.63) is 10.4 Å². The number of phosphoric acid groups is 1. The lowest BCUT2D eigenvalue weighted by molar-refractivity contribution is -0.118. The number of azide groups is 1. The van der Waals surface area contributed by atoms with E-state index >= 15 is 0 Å². The maximum Gasteiger partial charge on any atom is 0.472 e. The Balaban J connectivity index is 2.06. The lowest BCUT2D eigenvalue weighted by Crippen LogP contribution is -2.48. The first-order valence-corrected chi connectivity index (χ1v) is 11.7. The van der Waals surface area contributed by atoms with Crippen LogP contribution >= 0.6 is 7.82 Å². The molecule has 11 nitrogen and oxygen atoms in total. The van der Waals surface area contributed by atoms with Crippen molar-refractivity contribution in [1.29, 1.82) is 0 Å². The Kier molecular flexibility index (Phi) is 9.88. The van der Waals surface area contributed by atoms with Crippen molar-refractivity contribution >= 4 is 23.5 Å². The molecular formula is C17H30B2N3O8P. The van der Waals surface area contributed by atoms with Crippen LogP contribution in [-0.4, -0.2) is 88.5 Å². The molecule has 0 bridgehead atoms. The lowest BCUT2D eigenvalue weighted by Gasteiger charge is -2.34. The Bertz CT molecular complexity index is 684. The SMILES string of the molecule is [B][C@H]1C[C@@H](OC(C)C)[C@@H](COP(=O)(O)O[C@@H]2C[C@H]([B])O[C@]2(CN=[N+]=[N-])COC(C)C)O1. The van der Waals surface area contributed by atoms with Gasteiger partial charge in [0.15, 0.2) is 0 Å². The van der Waals surface area contributed by atoms with Crippen LogP contribution in [0.25, 0.3) is 10.4 Å². The summed E-state index contributed by atoms with van der Waals surface area (Å²) in [6.07, 6.45) is -1.71. The third-order valence-corrected chi connectivity index (χ3v) is 5.82. The van der Waals surface area contributed by atoms with Gasteiger partial charge < -0.3 is 23.8 Å². The van der Waals surface area contributed by atoms with Crippen LogP contribution < -0.4 is 0 Å². The minimum atomic E-state index is -4.56. The van der Waals surface area contributed by atoms with E-state index in [2.05, 4.69) is 10.0 Å². The highest BCUT2D eigenvalue weighted by Crippen LogP contribution is 2.50. The summed E-state index contributed by atoms with van der Waals surface area (Å²) in [5, 5.41) is 3.55. The van der Waals surface area contributed by atoms with E-state index < -0.39 is 37.6 Å². The minimum absolute atomic E-state index is 0.0487. The normalized spacial score (nSPS) is 35.4. The van der Waals surface area contributed by atoms with Gasteiger partial charge in [-0.3, -0.25) is 9.05 Å². The highest BCUT2D eigenvalue weighted by Gasteiger charge is 2.51. The molecule has 0 aromatic rings. The second-order valence-corrected chi connectivity index (χ2v) is 9.64. The molecule has 2 fully saturated rings. The first-order valence-electron chi connectivity index (χ1n) is 10.2. The molecule has 2 heterocycles. The molecule has 7 atom stereocenters. The molecule has 2 aliphatic heterocycles. The summed E-state index contributed by atoms with van der Waals surface area (Å²) in [5.74, 6) is 0. The quantitative estimate of drug-likeness (QED) is 0.154. The van der Waals surface area contributed by atoms with Crippen molar-refractivity contribution < 1.29 is 37.5 Å². The summed E-state index contributed by atoms with van der Waals surface area (Å²) in [4.78, 5) is 13.1. The minimum Gasteiger partial charge on any atom is -0.380 e. The van der Waals surface area contributed by atoms with Crippen molar-refractivity contribution in [3.8, 4) is 0 Å². The van der Waals surface area contributed by atoms with Gasteiger partial charge in [0.1, 0.15) is 33.5 Å². The van der Waals surface area contributed by atoms with Crippen LogP contribution in [0.4, 0.5) is 0 Å². The molecule has 2 saturated heterocycles. The molecule has 172 valence electrons. The standard InChI is InChI=1S/C17H30B2N3O8P/c1-10(2)25-9-17(8-21-22-20)14(6-16(19)29-17)30-31(23,24)26-7-13-12(27-11(3)4)5-15(18)28-13/h10-16H,5-9H2,1-4H3,(H,23,24)/t12-,13-,14-,15-,16-,17-/m1/s1. The average Bonchev–Trinajstić information content (AvgIpc) is 3.15. The van der Waals surface area contributed by atoms with Crippen molar-refractivity contribution in [2.24, 2.45) is 5.11 Å². The van der Waals surface area contributed by atoms with E-state index in [0.29, 0.717) is 6.42 Å². The molecule has 14 heteroatoms. The molecule has 1 unspecified atom stereocenters. The number of ether oxygens (including phenoxy) is 4. The van der Waals surface area contributed by atoms with Gasteiger partial charge in [-0.1, -0.05) is 5.11 Å². The van der Waals surface area contributed by atoms with Gasteiger partial charge >= 0.3 is 7.82 Å². The van der Waals surface area contributed by atoms with E-state index in [9.17, 15) is 9.46 Å². The largest absolute Gasteiger partial charge is 0.472 e. The molecular weight excluding hydrogens is 427 g/mol. The lowest BCUT2D eigenvalue weighted by atomic mass is 9.92. The third kappa shape index (κ3) is 8.03. The molecule has 0 saturated carbocycles. The first kappa shape index (κ1) is 26.6. The second-order valence-electron chi connectivity index (χ2n) is 8.24. The van der Waals surface area contributed by atoms with Crippen molar-refractivity contribution in [2.75, 3.05) is 19.8 Å². The summed E-state index contributed by atoms with van der Waals surface area (Å²) in [5.41, 5.74) is 7.42. The molecule has 1 N–H and O–H groups in total. The highest BCUT2D eigenvalue weighted by molar-refractivity contribution is 7.47. The van der Waals surface area contributed by atoms with Gasteiger partial charge in [-0.25, -0.2) is 4.57 Å². The van der Waals surface area contributed by atoms with Crippen LogP contribution in [0.15, 0.2) is 5.11 Å². The van der Waals surface area contributed by atoms with Gasteiger partial charge in [0.25, 0.3) is 0 Å². The summed E-state index contributed by atoms with van der Waals surface area (Å²) in [7, 11) is 7.15. The topological polar surface area (TPSA) is 141 Å². The number of nitrogens with zero attached hydrogens (tertiary/aromatic N) is 3. The average molecular weight is 457 g/mol. The fourth-order valence-electron chi connectivity index (χ4n) is 3.51.